The molecule has 1 saturated heterocycles. The van der Waals surface area contributed by atoms with Crippen molar-refractivity contribution in [1.82, 2.24) is 24.6 Å². The number of carbonyl (C=O) groups excluding carboxylic acids is 2. The molecule has 0 radical (unpaired) electrons. The maximum atomic E-state index is 13.2. The molecule has 0 bridgehead atoms. The summed E-state index contributed by atoms with van der Waals surface area (Å²) in [6, 6.07) is 2.75. The third-order valence-corrected chi connectivity index (χ3v) is 10.5. The van der Waals surface area contributed by atoms with Gasteiger partial charge in [0.25, 0.3) is 17.8 Å². The first-order valence-electron chi connectivity index (χ1n) is 13.0. The molecular formula is C24H27N8O11PS4. The average Bonchev–Trinajstić information content (AvgIpc) is 3.64. The van der Waals surface area contributed by atoms with Crippen molar-refractivity contribution in [2.75, 3.05) is 17.4 Å². The van der Waals surface area contributed by atoms with Crippen LogP contribution in [0.5, 0.6) is 0 Å². The molecule has 3 aromatic heterocycles. The van der Waals surface area contributed by atoms with Gasteiger partial charge >= 0.3 is 5.97 Å². The van der Waals surface area contributed by atoms with E-state index in [4.69, 9.17) is 19.6 Å². The Bertz CT molecular complexity index is 1790. The molecule has 5 heterocycles. The van der Waals surface area contributed by atoms with Gasteiger partial charge in [0.1, 0.15) is 30.8 Å². The van der Waals surface area contributed by atoms with Crippen molar-refractivity contribution in [3.05, 3.63) is 46.3 Å². The molecule has 0 spiro atoms. The van der Waals surface area contributed by atoms with E-state index in [0.717, 1.165) is 23.1 Å². The SMILES string of the molecule is CC(=O)O.CCO/N=C(/C(=O)NC1C(=O)N2C(C(=O)O)=C(Sc3nc(-c4cc[n+](C)cc4)cs3)CSC12)c1nsc(NP(=O)([O-])O)n1.O. The van der Waals surface area contributed by atoms with Crippen LogP contribution < -0.4 is 19.9 Å². The molecule has 2 aliphatic rings. The lowest BCUT2D eigenvalue weighted by molar-refractivity contribution is -0.671. The van der Waals surface area contributed by atoms with Gasteiger partial charge < -0.3 is 40.7 Å². The number of carbonyl (C=O) groups is 4. The minimum atomic E-state index is -4.92. The Hall–Kier alpha value is -3.96. The number of thiazole rings is 1. The molecule has 24 heteroatoms. The smallest absolute Gasteiger partial charge is 0.353 e. The zero-order chi connectivity index (χ0) is 34.5. The van der Waals surface area contributed by atoms with Gasteiger partial charge in [-0.25, -0.2) is 14.3 Å². The number of rotatable bonds is 11. The fraction of sp³-hybridized carbons (Fsp3) is 0.292. The van der Waals surface area contributed by atoms with Crippen LogP contribution in [0.15, 0.2) is 50.0 Å². The highest BCUT2D eigenvalue weighted by atomic mass is 32.2. The minimum Gasteiger partial charge on any atom is -0.762 e. The lowest BCUT2D eigenvalue weighted by Crippen LogP contribution is -2.71. The number of aliphatic carboxylic acids is 2. The molecule has 19 nitrogen and oxygen atoms in total. The zero-order valence-corrected chi connectivity index (χ0v) is 29.1. The number of amides is 2. The predicted molar refractivity (Wildman–Crippen MR) is 173 cm³/mol. The predicted octanol–water partition coefficient (Wildman–Crippen LogP) is -0.146. The number of anilines is 1. The second kappa shape index (κ2) is 16.4. The van der Waals surface area contributed by atoms with E-state index >= 15 is 0 Å². The third-order valence-electron chi connectivity index (χ3n) is 5.77. The molecule has 3 unspecified atom stereocenters. The largest absolute Gasteiger partial charge is 0.762 e. The summed E-state index contributed by atoms with van der Waals surface area (Å²) in [5, 5.41) is 26.2. The molecule has 2 amide bonds. The molecule has 0 saturated carbocycles. The number of thioether (sulfide) groups is 2. The second-order valence-corrected chi connectivity index (χ2v) is 14.5. The van der Waals surface area contributed by atoms with Crippen LogP contribution in [0.3, 0.4) is 0 Å². The Kier molecular flexibility index (Phi) is 13.2. The molecule has 48 heavy (non-hydrogen) atoms. The number of hydrogen-bond donors (Lipinski definition) is 5. The summed E-state index contributed by atoms with van der Waals surface area (Å²) in [7, 11) is -3.02. The Morgan fingerprint density at radius 3 is 2.54 bits per heavy atom. The van der Waals surface area contributed by atoms with Crippen LogP contribution in [-0.4, -0.2) is 93.1 Å². The van der Waals surface area contributed by atoms with Gasteiger partial charge in [0.15, 0.2) is 16.7 Å². The summed E-state index contributed by atoms with van der Waals surface area (Å²) in [6.07, 6.45) is 3.79. The lowest BCUT2D eigenvalue weighted by Gasteiger charge is -2.49. The Morgan fingerprint density at radius 1 is 1.27 bits per heavy atom. The first-order valence-corrected chi connectivity index (χ1v) is 18.1. The summed E-state index contributed by atoms with van der Waals surface area (Å²) >= 11 is 4.35. The molecule has 3 atom stereocenters. The number of pyridine rings is 1. The van der Waals surface area contributed by atoms with Crippen molar-refractivity contribution in [2.45, 2.75) is 29.6 Å². The lowest BCUT2D eigenvalue weighted by atomic mass is 10.0. The topological polar surface area (TPSA) is 292 Å². The molecule has 2 aliphatic heterocycles. The number of carboxylic acid groups (broad SMARTS) is 2. The van der Waals surface area contributed by atoms with E-state index in [1.807, 2.05) is 41.5 Å². The quantitative estimate of drug-likeness (QED) is 0.0558. The highest BCUT2D eigenvalue weighted by Crippen LogP contribution is 2.46. The summed E-state index contributed by atoms with van der Waals surface area (Å²) in [5.74, 6) is -3.74. The highest BCUT2D eigenvalue weighted by molar-refractivity contribution is 8.07. The van der Waals surface area contributed by atoms with Gasteiger partial charge in [-0.15, -0.1) is 23.1 Å². The van der Waals surface area contributed by atoms with Crippen molar-refractivity contribution in [3.63, 3.8) is 0 Å². The van der Waals surface area contributed by atoms with Crippen molar-refractivity contribution in [1.29, 1.82) is 0 Å². The Morgan fingerprint density at radius 2 is 1.94 bits per heavy atom. The molecule has 3 aromatic rings. The molecule has 1 fully saturated rings. The summed E-state index contributed by atoms with van der Waals surface area (Å²) in [4.78, 5) is 82.7. The van der Waals surface area contributed by atoms with Crippen LogP contribution in [0.2, 0.25) is 0 Å². The van der Waals surface area contributed by atoms with Gasteiger partial charge in [0.2, 0.25) is 24.4 Å². The number of fused-ring (bicyclic) bond motifs is 1. The molecule has 0 aromatic carbocycles. The number of nitrogens with zero attached hydrogens (tertiary/aromatic N) is 6. The number of carboxylic acids is 2. The zero-order valence-electron chi connectivity index (χ0n) is 24.9. The molecule has 258 valence electrons. The van der Waals surface area contributed by atoms with Gasteiger partial charge in [-0.1, -0.05) is 16.9 Å². The van der Waals surface area contributed by atoms with Crippen molar-refractivity contribution < 1.29 is 58.6 Å². The first kappa shape index (κ1) is 38.5. The number of nitrogens with one attached hydrogen (secondary N) is 2. The van der Waals surface area contributed by atoms with Gasteiger partial charge in [-0.2, -0.15) is 9.36 Å². The van der Waals surface area contributed by atoms with Crippen molar-refractivity contribution in [2.24, 2.45) is 12.2 Å². The molecule has 0 aliphatic carbocycles. The standard InChI is InChI=1S/C22H21N8O8PS4.C2H4O2.H2O/c1-3-38-26-13(16-25-21(43-28-16)27-39(35,36)37)17(31)24-14-18(32)30-15(20(33)34)12(9-40-19(14)30)42-22-23-11(8-41-22)10-4-6-29(2)7-5-10;1-2(3)4;/h4-8,14,19H,3,9H2,1-2H3,(H4-,24,25,27,28,31,33,34,35,36,37);1H3,(H,3,4);1H2/b26-13+;;. The van der Waals surface area contributed by atoms with Gasteiger partial charge in [0.05, 0.1) is 5.69 Å². The van der Waals surface area contributed by atoms with E-state index in [9.17, 15) is 28.9 Å². The molecular weight excluding hydrogens is 736 g/mol. The van der Waals surface area contributed by atoms with E-state index in [0.29, 0.717) is 20.8 Å². The number of hydrogen-bond acceptors (Lipinski definition) is 15. The van der Waals surface area contributed by atoms with E-state index in [-0.39, 0.29) is 34.5 Å². The number of β-lactam (4-membered cyclic amide) rings is 1. The normalized spacial score (nSPS) is 18.2. The molecule has 7 N–H and O–H groups in total. The van der Waals surface area contributed by atoms with E-state index in [1.54, 1.807) is 12.0 Å². The fourth-order valence-corrected chi connectivity index (χ4v) is 8.58. The second-order valence-electron chi connectivity index (χ2n) is 9.22. The Labute approximate surface area is 287 Å². The van der Waals surface area contributed by atoms with Crippen LogP contribution in [0.25, 0.3) is 11.3 Å². The van der Waals surface area contributed by atoms with Crippen molar-refractivity contribution in [3.8, 4) is 11.3 Å². The van der Waals surface area contributed by atoms with Gasteiger partial charge in [-0.3, -0.25) is 23.8 Å². The van der Waals surface area contributed by atoms with E-state index < -0.39 is 48.6 Å². The van der Waals surface area contributed by atoms with E-state index in [1.165, 1.54) is 34.9 Å². The van der Waals surface area contributed by atoms with Crippen LogP contribution in [0.4, 0.5) is 5.13 Å². The third kappa shape index (κ3) is 9.56. The summed E-state index contributed by atoms with van der Waals surface area (Å²) in [5.41, 5.74) is 1.03. The van der Waals surface area contributed by atoms with Crippen LogP contribution >= 0.6 is 54.1 Å². The maximum absolute atomic E-state index is 13.2. The van der Waals surface area contributed by atoms with Crippen LogP contribution in [-0.2, 0) is 35.6 Å². The van der Waals surface area contributed by atoms with Gasteiger partial charge in [0, 0.05) is 52.2 Å². The molecule has 5 rings (SSSR count). The summed E-state index contributed by atoms with van der Waals surface area (Å²) < 4.78 is 17.5. The highest BCUT2D eigenvalue weighted by Gasteiger charge is 2.54. The van der Waals surface area contributed by atoms with Crippen LogP contribution in [0.1, 0.15) is 19.7 Å². The maximum Gasteiger partial charge on any atom is 0.353 e. The van der Waals surface area contributed by atoms with E-state index in [2.05, 4.69) is 24.8 Å². The fourth-order valence-electron chi connectivity index (χ4n) is 3.89. The monoisotopic (exact) mass is 762 g/mol. The number of aromatic nitrogens is 4. The van der Waals surface area contributed by atoms with Gasteiger partial charge in [-0.05, 0) is 6.92 Å². The summed E-state index contributed by atoms with van der Waals surface area (Å²) in [6.45, 7) is 2.76. The van der Waals surface area contributed by atoms with Crippen molar-refractivity contribution >= 4 is 88.7 Å². The number of oxime groups is 1. The van der Waals surface area contributed by atoms with Crippen LogP contribution in [0, 0.1) is 0 Å². The average molecular weight is 763 g/mol. The Balaban J connectivity index is 0.00000118. The first-order chi connectivity index (χ1) is 22.2. The number of aryl methyl sites for hydroxylation is 1. The minimum absolute atomic E-state index is 0.